The zero-order valence-corrected chi connectivity index (χ0v) is 11.0. The van der Waals surface area contributed by atoms with Gasteiger partial charge in [0.2, 0.25) is 0 Å². The molecule has 2 rings (SSSR count). The Hall–Kier alpha value is -2.27. The van der Waals surface area contributed by atoms with E-state index in [1.54, 1.807) is 0 Å². The number of imidazole rings is 1. The lowest BCUT2D eigenvalue weighted by atomic mass is 10.1. The van der Waals surface area contributed by atoms with Gasteiger partial charge >= 0.3 is 18.3 Å². The van der Waals surface area contributed by atoms with Gasteiger partial charge in [0.25, 0.3) is 0 Å². The van der Waals surface area contributed by atoms with E-state index in [4.69, 9.17) is 0 Å². The molecule has 0 saturated carbocycles. The summed E-state index contributed by atoms with van der Waals surface area (Å²) in [4.78, 5) is 2.72. The Morgan fingerprint density at radius 3 is 1.75 bits per heavy atom. The summed E-state index contributed by atoms with van der Waals surface area (Å²) in [6, 6.07) is -0.250. The highest BCUT2D eigenvalue weighted by Crippen LogP contribution is 2.43. The average molecular weight is 366 g/mol. The average Bonchev–Trinajstić information content (AvgIpc) is 2.85. The highest BCUT2D eigenvalue weighted by atomic mass is 19.4. The van der Waals surface area contributed by atoms with Crippen LogP contribution in [0.15, 0.2) is 24.7 Å². The maximum absolute atomic E-state index is 13.7. The summed E-state index contributed by atoms with van der Waals surface area (Å²) in [5, 5.41) is 0. The van der Waals surface area contributed by atoms with Gasteiger partial charge in [-0.1, -0.05) is 0 Å². The second-order valence-electron chi connectivity index (χ2n) is 4.52. The van der Waals surface area contributed by atoms with Crippen LogP contribution >= 0.6 is 0 Å². The number of halogens is 10. The van der Waals surface area contributed by atoms with Crippen LogP contribution in [0.1, 0.15) is 11.3 Å². The molecule has 2 nitrogen and oxygen atoms in total. The molecule has 1 aromatic carbocycles. The topological polar surface area (TPSA) is 17.8 Å². The Morgan fingerprint density at radius 1 is 0.833 bits per heavy atom. The van der Waals surface area contributed by atoms with Crippen LogP contribution in [0.25, 0.3) is 5.69 Å². The molecule has 0 saturated heterocycles. The first-order chi connectivity index (χ1) is 10.7. The van der Waals surface area contributed by atoms with E-state index in [0.717, 1.165) is 0 Å². The van der Waals surface area contributed by atoms with E-state index in [1.807, 2.05) is 0 Å². The third kappa shape index (κ3) is 3.04. The summed E-state index contributed by atoms with van der Waals surface area (Å²) in [7, 11) is 0. The molecule has 0 fully saturated rings. The van der Waals surface area contributed by atoms with Crippen molar-refractivity contribution in [3.05, 3.63) is 47.5 Å². The Balaban J connectivity index is 2.52. The lowest BCUT2D eigenvalue weighted by Gasteiger charge is -2.17. The number of hydrogen-bond acceptors (Lipinski definition) is 1. The number of nitrogens with zero attached hydrogens (tertiary/aromatic N) is 2. The first-order valence-corrected chi connectivity index (χ1v) is 5.81. The second kappa shape index (κ2) is 5.38. The molecule has 12 heteroatoms. The molecule has 0 aliphatic rings. The van der Waals surface area contributed by atoms with Crippen molar-refractivity contribution in [2.24, 2.45) is 0 Å². The van der Waals surface area contributed by atoms with E-state index in [0.29, 0.717) is 0 Å². The van der Waals surface area contributed by atoms with Crippen molar-refractivity contribution in [2.45, 2.75) is 18.3 Å². The van der Waals surface area contributed by atoms with Crippen molar-refractivity contribution in [1.29, 1.82) is 0 Å². The maximum atomic E-state index is 13.7. The summed E-state index contributed by atoms with van der Waals surface area (Å²) in [5.74, 6) is -9.04. The van der Waals surface area contributed by atoms with E-state index < -0.39 is 46.9 Å². The third-order valence-electron chi connectivity index (χ3n) is 2.86. The quantitative estimate of drug-likeness (QED) is 0.697. The first-order valence-electron chi connectivity index (χ1n) is 5.81. The molecule has 0 spiro atoms. The van der Waals surface area contributed by atoms with Crippen molar-refractivity contribution < 1.29 is 43.9 Å². The van der Waals surface area contributed by atoms with Gasteiger partial charge in [0, 0.05) is 6.20 Å². The van der Waals surface area contributed by atoms with Crippen LogP contribution in [0.4, 0.5) is 43.9 Å². The van der Waals surface area contributed by atoms with Gasteiger partial charge in [-0.25, -0.2) is 13.8 Å². The molecule has 0 N–H and O–H groups in total. The Kier molecular flexibility index (Phi) is 4.05. The fourth-order valence-electron chi connectivity index (χ4n) is 1.73. The minimum Gasteiger partial charge on any atom is -0.300 e. The van der Waals surface area contributed by atoms with E-state index in [9.17, 15) is 43.9 Å². The van der Waals surface area contributed by atoms with Gasteiger partial charge in [-0.2, -0.15) is 35.1 Å². The van der Waals surface area contributed by atoms with Crippen LogP contribution in [0.5, 0.6) is 0 Å². The van der Waals surface area contributed by atoms with Crippen molar-refractivity contribution in [3.63, 3.8) is 0 Å². The van der Waals surface area contributed by atoms with Crippen LogP contribution in [0, 0.1) is 11.6 Å². The van der Waals surface area contributed by atoms with Gasteiger partial charge in [-0.15, -0.1) is 0 Å². The molecule has 1 aromatic heterocycles. The minimum absolute atomic E-state index is 0.0256. The molecular formula is C12H4F10N2. The van der Waals surface area contributed by atoms with Crippen LogP contribution in [-0.4, -0.2) is 15.7 Å². The van der Waals surface area contributed by atoms with Gasteiger partial charge in [0.15, 0.2) is 11.6 Å². The highest BCUT2D eigenvalue weighted by Gasteiger charge is 2.60. The predicted molar refractivity (Wildman–Crippen MR) is 58.4 cm³/mol. The summed E-state index contributed by atoms with van der Waals surface area (Å²) < 4.78 is 127. The number of hydrogen-bond donors (Lipinski definition) is 0. The molecule has 0 radical (unpaired) electrons. The fraction of sp³-hybridized carbons (Fsp3) is 0.250. The number of aromatic nitrogens is 2. The fourth-order valence-corrected chi connectivity index (χ4v) is 1.73. The van der Waals surface area contributed by atoms with Crippen LogP contribution in [-0.2, 0) is 12.1 Å². The zero-order valence-electron chi connectivity index (χ0n) is 11.0. The van der Waals surface area contributed by atoms with Crippen LogP contribution in [0.3, 0.4) is 0 Å². The normalized spacial score (nSPS) is 13.4. The molecule has 1 heterocycles. The predicted octanol–water partition coefficient (Wildman–Crippen LogP) is 4.82. The standard InChI is InChI=1S/C12H4F10N2/c13-6-1-5(11(17,18)19)2-7(14)9(6)24-3-8(23-4-24)10(15,16)12(20,21)22/h1-4H. The van der Waals surface area contributed by atoms with Gasteiger partial charge in [0.05, 0.1) is 11.9 Å². The van der Waals surface area contributed by atoms with Crippen molar-refractivity contribution in [3.8, 4) is 5.69 Å². The van der Waals surface area contributed by atoms with Gasteiger partial charge < -0.3 is 4.57 Å². The van der Waals surface area contributed by atoms with Crippen molar-refractivity contribution in [2.75, 3.05) is 0 Å². The minimum atomic E-state index is -6.01. The lowest BCUT2D eigenvalue weighted by molar-refractivity contribution is -0.290. The SMILES string of the molecule is Fc1cc(C(F)(F)F)cc(F)c1-n1cnc(C(F)(F)C(F)(F)F)c1. The Labute approximate surface area is 126 Å². The Bertz CT molecular complexity index is 733. The van der Waals surface area contributed by atoms with Crippen LogP contribution < -0.4 is 0 Å². The largest absolute Gasteiger partial charge is 0.459 e. The van der Waals surface area contributed by atoms with Crippen LogP contribution in [0.2, 0.25) is 0 Å². The first kappa shape index (κ1) is 18.1. The maximum Gasteiger partial charge on any atom is 0.459 e. The van der Waals surface area contributed by atoms with E-state index in [-0.39, 0.29) is 29.2 Å². The molecule has 24 heavy (non-hydrogen) atoms. The number of benzene rings is 1. The van der Waals surface area contributed by atoms with Gasteiger partial charge in [0.1, 0.15) is 11.4 Å². The zero-order chi connectivity index (χ0) is 18.5. The molecule has 0 bridgehead atoms. The number of rotatable bonds is 2. The molecular weight excluding hydrogens is 362 g/mol. The smallest absolute Gasteiger partial charge is 0.300 e. The molecule has 2 aromatic rings. The van der Waals surface area contributed by atoms with Gasteiger partial charge in [-0.3, -0.25) is 0 Å². The number of alkyl halides is 8. The van der Waals surface area contributed by atoms with Gasteiger partial charge in [-0.05, 0) is 12.1 Å². The highest BCUT2D eigenvalue weighted by molar-refractivity contribution is 5.40. The molecule has 132 valence electrons. The van der Waals surface area contributed by atoms with Crippen molar-refractivity contribution in [1.82, 2.24) is 9.55 Å². The van der Waals surface area contributed by atoms with E-state index in [1.165, 1.54) is 0 Å². The summed E-state index contributed by atoms with van der Waals surface area (Å²) in [6.07, 6.45) is -10.9. The molecule has 0 amide bonds. The lowest BCUT2D eigenvalue weighted by Crippen LogP contribution is -2.34. The summed E-state index contributed by atoms with van der Waals surface area (Å²) >= 11 is 0. The monoisotopic (exact) mass is 366 g/mol. The van der Waals surface area contributed by atoms with Crippen molar-refractivity contribution >= 4 is 0 Å². The summed E-state index contributed by atoms with van der Waals surface area (Å²) in [6.45, 7) is 0. The van der Waals surface area contributed by atoms with E-state index >= 15 is 0 Å². The summed E-state index contributed by atoms with van der Waals surface area (Å²) in [5.41, 5.74) is -4.84. The second-order valence-corrected chi connectivity index (χ2v) is 4.52. The third-order valence-corrected chi connectivity index (χ3v) is 2.86. The van der Waals surface area contributed by atoms with E-state index in [2.05, 4.69) is 4.98 Å². The Morgan fingerprint density at radius 2 is 1.33 bits per heavy atom. The molecule has 0 atom stereocenters. The molecule has 0 aliphatic carbocycles. The molecule has 0 unspecified atom stereocenters. The molecule has 0 aliphatic heterocycles.